The molecule has 168 valence electrons. The van der Waals surface area contributed by atoms with Gasteiger partial charge in [0.2, 0.25) is 5.91 Å². The number of unbranched alkanes of at least 4 members (excludes halogenated alkanes) is 1. The van der Waals surface area contributed by atoms with E-state index in [1.165, 1.54) is 0 Å². The van der Waals surface area contributed by atoms with Gasteiger partial charge in [0, 0.05) is 18.1 Å². The predicted molar refractivity (Wildman–Crippen MR) is 125 cm³/mol. The quantitative estimate of drug-likeness (QED) is 0.493. The average Bonchev–Trinajstić information content (AvgIpc) is 2.76. The van der Waals surface area contributed by atoms with Crippen LogP contribution in [0.4, 0.5) is 0 Å². The second kappa shape index (κ2) is 12.4. The summed E-state index contributed by atoms with van der Waals surface area (Å²) in [5.41, 5.74) is 3.01. The number of aryl methyl sites for hydroxylation is 1. The molecule has 2 rings (SSSR count). The summed E-state index contributed by atoms with van der Waals surface area (Å²) in [5, 5.41) is 3.59. The molecule has 0 aromatic heterocycles. The molecule has 0 bridgehead atoms. The molecular weight excluding hydrogens is 412 g/mol. The average molecular weight is 445 g/mol. The van der Waals surface area contributed by atoms with Crippen LogP contribution >= 0.6 is 11.6 Å². The fourth-order valence-electron chi connectivity index (χ4n) is 3.32. The van der Waals surface area contributed by atoms with Crippen molar-refractivity contribution < 1.29 is 14.3 Å². The molecule has 2 amide bonds. The predicted octanol–water partition coefficient (Wildman–Crippen LogP) is 5.06. The van der Waals surface area contributed by atoms with Crippen LogP contribution in [0.3, 0.4) is 0 Å². The molecule has 0 unspecified atom stereocenters. The lowest BCUT2D eigenvalue weighted by molar-refractivity contribution is -0.143. The first-order valence-electron chi connectivity index (χ1n) is 10.9. The molecule has 0 radical (unpaired) electrons. The second-order valence-corrected chi connectivity index (χ2v) is 8.14. The van der Waals surface area contributed by atoms with Gasteiger partial charge in [0.05, 0.1) is 0 Å². The van der Waals surface area contributed by atoms with Gasteiger partial charge in [0.1, 0.15) is 11.8 Å². The number of carbonyl (C=O) groups excluding carboxylic acids is 2. The van der Waals surface area contributed by atoms with Gasteiger partial charge in [-0.25, -0.2) is 0 Å². The van der Waals surface area contributed by atoms with Gasteiger partial charge in [-0.15, -0.1) is 0 Å². The third-order valence-corrected chi connectivity index (χ3v) is 5.64. The Labute approximate surface area is 190 Å². The van der Waals surface area contributed by atoms with E-state index in [1.54, 1.807) is 17.0 Å². The van der Waals surface area contributed by atoms with Crippen LogP contribution in [0.15, 0.2) is 42.5 Å². The number of rotatable bonds is 11. The van der Waals surface area contributed by atoms with Crippen molar-refractivity contribution in [2.45, 2.75) is 59.5 Å². The molecule has 0 spiro atoms. The van der Waals surface area contributed by atoms with E-state index in [2.05, 4.69) is 12.2 Å². The van der Waals surface area contributed by atoms with E-state index < -0.39 is 6.04 Å². The molecule has 1 N–H and O–H groups in total. The number of benzene rings is 2. The number of hydrogen-bond acceptors (Lipinski definition) is 3. The van der Waals surface area contributed by atoms with Crippen LogP contribution in [0.25, 0.3) is 0 Å². The molecule has 0 aliphatic carbocycles. The van der Waals surface area contributed by atoms with Crippen LogP contribution in [0.5, 0.6) is 5.75 Å². The van der Waals surface area contributed by atoms with Crippen LogP contribution in [0.1, 0.15) is 49.8 Å². The van der Waals surface area contributed by atoms with Crippen molar-refractivity contribution in [3.8, 4) is 5.75 Å². The number of amides is 2. The lowest BCUT2D eigenvalue weighted by Gasteiger charge is -2.30. The first-order valence-corrected chi connectivity index (χ1v) is 11.3. The zero-order valence-electron chi connectivity index (χ0n) is 18.9. The minimum absolute atomic E-state index is 0.128. The van der Waals surface area contributed by atoms with Crippen molar-refractivity contribution in [3.05, 3.63) is 64.2 Å². The van der Waals surface area contributed by atoms with Crippen molar-refractivity contribution in [3.63, 3.8) is 0 Å². The zero-order valence-corrected chi connectivity index (χ0v) is 19.7. The van der Waals surface area contributed by atoms with E-state index in [4.69, 9.17) is 16.3 Å². The summed E-state index contributed by atoms with van der Waals surface area (Å²) in [4.78, 5) is 27.7. The molecule has 0 saturated heterocycles. The summed E-state index contributed by atoms with van der Waals surface area (Å²) in [7, 11) is 0. The van der Waals surface area contributed by atoms with Crippen LogP contribution in [-0.4, -0.2) is 35.9 Å². The number of nitrogens with one attached hydrogen (secondary N) is 1. The molecule has 0 heterocycles. The molecule has 31 heavy (non-hydrogen) atoms. The molecule has 0 aliphatic heterocycles. The maximum atomic E-state index is 13.2. The number of nitrogens with zero attached hydrogens (tertiary/aromatic N) is 1. The summed E-state index contributed by atoms with van der Waals surface area (Å²) in [6.45, 7) is 8.75. The molecule has 0 saturated carbocycles. The highest BCUT2D eigenvalue weighted by molar-refractivity contribution is 6.30. The minimum atomic E-state index is -0.567. The highest BCUT2D eigenvalue weighted by atomic mass is 35.5. The minimum Gasteiger partial charge on any atom is -0.483 e. The van der Waals surface area contributed by atoms with E-state index in [-0.39, 0.29) is 18.4 Å². The summed E-state index contributed by atoms with van der Waals surface area (Å²) < 4.78 is 5.85. The maximum absolute atomic E-state index is 13.2. The van der Waals surface area contributed by atoms with Crippen molar-refractivity contribution in [1.82, 2.24) is 10.2 Å². The van der Waals surface area contributed by atoms with E-state index in [9.17, 15) is 9.59 Å². The normalized spacial score (nSPS) is 11.6. The Morgan fingerprint density at radius 2 is 1.81 bits per heavy atom. The van der Waals surface area contributed by atoms with Gasteiger partial charge in [-0.1, -0.05) is 56.1 Å². The van der Waals surface area contributed by atoms with E-state index in [0.29, 0.717) is 30.3 Å². The smallest absolute Gasteiger partial charge is 0.261 e. The summed E-state index contributed by atoms with van der Waals surface area (Å²) in [6, 6.07) is 12.5. The first-order chi connectivity index (χ1) is 14.9. The molecule has 2 aromatic carbocycles. The number of ether oxygens (including phenoxy) is 1. The molecule has 6 heteroatoms. The third-order valence-electron chi connectivity index (χ3n) is 5.39. The zero-order chi connectivity index (χ0) is 22.8. The Hall–Kier alpha value is -2.53. The van der Waals surface area contributed by atoms with Crippen molar-refractivity contribution >= 4 is 23.4 Å². The molecule has 0 aliphatic rings. The lowest BCUT2D eigenvalue weighted by Crippen LogP contribution is -2.50. The van der Waals surface area contributed by atoms with Gasteiger partial charge in [0.15, 0.2) is 6.61 Å². The van der Waals surface area contributed by atoms with Gasteiger partial charge in [-0.3, -0.25) is 9.59 Å². The lowest BCUT2D eigenvalue weighted by atomic mass is 10.1. The fraction of sp³-hybridized carbons (Fsp3) is 0.440. The van der Waals surface area contributed by atoms with Crippen LogP contribution < -0.4 is 10.1 Å². The summed E-state index contributed by atoms with van der Waals surface area (Å²) in [6.07, 6.45) is 2.41. The topological polar surface area (TPSA) is 58.6 Å². The maximum Gasteiger partial charge on any atom is 0.261 e. The SMILES string of the molecule is CCCCNC(=O)[C@@H](CC)N(Cc1ccc(Cl)cc1)C(=O)COc1cccc(C)c1C. The van der Waals surface area contributed by atoms with Crippen molar-refractivity contribution in [1.29, 1.82) is 0 Å². The van der Waals surface area contributed by atoms with E-state index in [0.717, 1.165) is 29.5 Å². The fourth-order valence-corrected chi connectivity index (χ4v) is 3.44. The van der Waals surface area contributed by atoms with E-state index in [1.807, 2.05) is 51.1 Å². The van der Waals surface area contributed by atoms with Crippen LogP contribution in [0, 0.1) is 13.8 Å². The summed E-state index contributed by atoms with van der Waals surface area (Å²) >= 11 is 6.00. The highest BCUT2D eigenvalue weighted by Crippen LogP contribution is 2.21. The standard InChI is InChI=1S/C25H33ClN2O3/c1-5-7-15-27-25(30)22(6-2)28(16-20-11-13-21(26)14-12-20)24(29)17-31-23-10-8-9-18(3)19(23)4/h8-14,22H,5-7,15-17H2,1-4H3,(H,27,30)/t22-/m1/s1. The third kappa shape index (κ3) is 7.28. The monoisotopic (exact) mass is 444 g/mol. The van der Waals surface area contributed by atoms with Gasteiger partial charge >= 0.3 is 0 Å². The molecule has 0 fully saturated rings. The Morgan fingerprint density at radius 1 is 1.10 bits per heavy atom. The largest absolute Gasteiger partial charge is 0.483 e. The van der Waals surface area contributed by atoms with Gasteiger partial charge in [-0.05, 0) is 61.6 Å². The van der Waals surface area contributed by atoms with Crippen LogP contribution in [-0.2, 0) is 16.1 Å². The summed E-state index contributed by atoms with van der Waals surface area (Å²) in [5.74, 6) is 0.318. The molecule has 2 aromatic rings. The van der Waals surface area contributed by atoms with Gasteiger partial charge in [0.25, 0.3) is 5.91 Å². The Balaban J connectivity index is 2.19. The van der Waals surface area contributed by atoms with Gasteiger partial charge < -0.3 is 15.0 Å². The highest BCUT2D eigenvalue weighted by Gasteiger charge is 2.28. The Bertz CT molecular complexity index is 868. The molecule has 5 nitrogen and oxygen atoms in total. The van der Waals surface area contributed by atoms with Crippen LogP contribution in [0.2, 0.25) is 5.02 Å². The van der Waals surface area contributed by atoms with Gasteiger partial charge in [-0.2, -0.15) is 0 Å². The molecule has 1 atom stereocenters. The molecular formula is C25H33ClN2O3. The number of hydrogen-bond donors (Lipinski definition) is 1. The first kappa shape index (κ1) is 24.7. The van der Waals surface area contributed by atoms with E-state index >= 15 is 0 Å². The van der Waals surface area contributed by atoms with Crippen molar-refractivity contribution in [2.24, 2.45) is 0 Å². The number of carbonyl (C=O) groups is 2. The second-order valence-electron chi connectivity index (χ2n) is 7.70. The Morgan fingerprint density at radius 3 is 2.45 bits per heavy atom. The Kier molecular flexibility index (Phi) is 9.86. The van der Waals surface area contributed by atoms with Crippen molar-refractivity contribution in [2.75, 3.05) is 13.2 Å². The number of halogens is 1.